The summed E-state index contributed by atoms with van der Waals surface area (Å²) < 4.78 is 0. The molecule has 140 valence electrons. The number of amides is 3. The lowest BCUT2D eigenvalue weighted by atomic mass is 9.87. The number of carbonyl (C=O) groups is 3. The molecule has 1 aliphatic heterocycles. The Balaban J connectivity index is 1.77. The van der Waals surface area contributed by atoms with Gasteiger partial charge >= 0.3 is 0 Å². The standard InChI is InChI=1S/C20H26N2O3S/c1-13-7-9-14(10-8-13)21-18(23)17(11-12-26-2)22-19(24)15-5-3-4-6-16(15)20(22)25/h3-6,13-14,17H,7-12H2,1-2H3,(H,21,23)/t13?,14?,17-/m1/s1. The predicted octanol–water partition coefficient (Wildman–Crippen LogP) is 3.10. The summed E-state index contributed by atoms with van der Waals surface area (Å²) in [5.41, 5.74) is 0.789. The normalized spacial score (nSPS) is 23.7. The molecule has 1 aromatic carbocycles. The van der Waals surface area contributed by atoms with E-state index in [1.807, 2.05) is 6.26 Å². The second kappa shape index (κ2) is 8.25. The van der Waals surface area contributed by atoms with E-state index in [4.69, 9.17) is 0 Å². The number of carbonyl (C=O) groups excluding carboxylic acids is 3. The van der Waals surface area contributed by atoms with Crippen molar-refractivity contribution < 1.29 is 14.4 Å². The lowest BCUT2D eigenvalue weighted by Gasteiger charge is -2.31. The second-order valence-corrected chi connectivity index (χ2v) is 8.27. The van der Waals surface area contributed by atoms with Crippen LogP contribution in [0.1, 0.15) is 59.7 Å². The monoisotopic (exact) mass is 374 g/mol. The summed E-state index contributed by atoms with van der Waals surface area (Å²) >= 11 is 1.61. The van der Waals surface area contributed by atoms with E-state index in [-0.39, 0.29) is 23.8 Å². The molecular weight excluding hydrogens is 348 g/mol. The third kappa shape index (κ3) is 3.80. The van der Waals surface area contributed by atoms with Crippen molar-refractivity contribution in [3.63, 3.8) is 0 Å². The molecule has 0 aromatic heterocycles. The minimum Gasteiger partial charge on any atom is -0.352 e. The molecule has 3 rings (SSSR count). The zero-order valence-electron chi connectivity index (χ0n) is 15.4. The Morgan fingerprint density at radius 2 is 1.73 bits per heavy atom. The number of hydrogen-bond donors (Lipinski definition) is 1. The van der Waals surface area contributed by atoms with Crippen LogP contribution in [0.2, 0.25) is 0 Å². The topological polar surface area (TPSA) is 66.5 Å². The van der Waals surface area contributed by atoms with Gasteiger partial charge in [0.25, 0.3) is 11.8 Å². The molecule has 26 heavy (non-hydrogen) atoms. The van der Waals surface area contributed by atoms with Crippen molar-refractivity contribution in [1.29, 1.82) is 0 Å². The van der Waals surface area contributed by atoms with Gasteiger partial charge in [0.15, 0.2) is 0 Å². The van der Waals surface area contributed by atoms with E-state index >= 15 is 0 Å². The number of nitrogens with one attached hydrogen (secondary N) is 1. The average molecular weight is 375 g/mol. The third-order valence-electron chi connectivity index (χ3n) is 5.40. The second-order valence-electron chi connectivity index (χ2n) is 7.29. The summed E-state index contributed by atoms with van der Waals surface area (Å²) in [7, 11) is 0. The molecule has 0 unspecified atom stereocenters. The van der Waals surface area contributed by atoms with Crippen molar-refractivity contribution in [3.8, 4) is 0 Å². The van der Waals surface area contributed by atoms with Crippen LogP contribution in [0.3, 0.4) is 0 Å². The van der Waals surface area contributed by atoms with E-state index in [0.717, 1.165) is 25.7 Å². The molecule has 1 aliphatic carbocycles. The molecule has 1 heterocycles. The molecule has 1 saturated carbocycles. The molecule has 2 aliphatic rings. The Labute approximate surface area is 158 Å². The summed E-state index contributed by atoms with van der Waals surface area (Å²) in [5, 5.41) is 3.10. The van der Waals surface area contributed by atoms with E-state index in [0.29, 0.717) is 29.2 Å². The largest absolute Gasteiger partial charge is 0.352 e. The van der Waals surface area contributed by atoms with Crippen molar-refractivity contribution in [2.45, 2.75) is 51.1 Å². The first-order chi connectivity index (χ1) is 12.5. The zero-order chi connectivity index (χ0) is 18.7. The minimum absolute atomic E-state index is 0.144. The van der Waals surface area contributed by atoms with Crippen LogP contribution in [-0.4, -0.2) is 46.7 Å². The van der Waals surface area contributed by atoms with Crippen LogP contribution < -0.4 is 5.32 Å². The van der Waals surface area contributed by atoms with E-state index in [2.05, 4.69) is 12.2 Å². The van der Waals surface area contributed by atoms with E-state index in [1.54, 1.807) is 36.0 Å². The Hall–Kier alpha value is -1.82. The third-order valence-corrected chi connectivity index (χ3v) is 6.04. The van der Waals surface area contributed by atoms with Gasteiger partial charge in [-0.2, -0.15) is 11.8 Å². The molecule has 0 spiro atoms. The van der Waals surface area contributed by atoms with E-state index in [1.165, 1.54) is 4.90 Å². The van der Waals surface area contributed by atoms with Crippen molar-refractivity contribution in [3.05, 3.63) is 35.4 Å². The lowest BCUT2D eigenvalue weighted by Crippen LogP contribution is -2.52. The van der Waals surface area contributed by atoms with Gasteiger partial charge < -0.3 is 5.32 Å². The molecule has 0 saturated heterocycles. The molecule has 3 amide bonds. The van der Waals surface area contributed by atoms with Crippen LogP contribution in [0.25, 0.3) is 0 Å². The fourth-order valence-corrected chi connectivity index (χ4v) is 4.26. The van der Waals surface area contributed by atoms with Crippen LogP contribution in [0.15, 0.2) is 24.3 Å². The first-order valence-corrected chi connectivity index (χ1v) is 10.7. The van der Waals surface area contributed by atoms with Gasteiger partial charge in [0.05, 0.1) is 11.1 Å². The van der Waals surface area contributed by atoms with Crippen LogP contribution in [0, 0.1) is 5.92 Å². The lowest BCUT2D eigenvalue weighted by molar-refractivity contribution is -0.126. The number of fused-ring (bicyclic) bond motifs is 1. The fourth-order valence-electron chi connectivity index (χ4n) is 3.80. The number of benzene rings is 1. The van der Waals surface area contributed by atoms with Gasteiger partial charge in [-0.25, -0.2) is 0 Å². The summed E-state index contributed by atoms with van der Waals surface area (Å²) in [6.07, 6.45) is 6.57. The molecule has 1 atom stereocenters. The molecule has 1 aromatic rings. The summed E-state index contributed by atoms with van der Waals surface area (Å²) in [4.78, 5) is 39.7. The maximum atomic E-state index is 13.0. The average Bonchev–Trinajstić information content (AvgIpc) is 2.89. The van der Waals surface area contributed by atoms with Crippen LogP contribution in [-0.2, 0) is 4.79 Å². The number of hydrogen-bond acceptors (Lipinski definition) is 4. The summed E-state index contributed by atoms with van der Waals surface area (Å²) in [6, 6.07) is 6.20. The number of nitrogens with zero attached hydrogens (tertiary/aromatic N) is 1. The number of thioether (sulfide) groups is 1. The molecule has 5 nitrogen and oxygen atoms in total. The smallest absolute Gasteiger partial charge is 0.262 e. The number of imide groups is 1. The quantitative estimate of drug-likeness (QED) is 0.777. The molecule has 1 N–H and O–H groups in total. The highest BCUT2D eigenvalue weighted by Crippen LogP contribution is 2.27. The maximum Gasteiger partial charge on any atom is 0.262 e. The van der Waals surface area contributed by atoms with Gasteiger partial charge in [0.2, 0.25) is 5.91 Å². The van der Waals surface area contributed by atoms with Crippen LogP contribution in [0.4, 0.5) is 0 Å². The minimum atomic E-state index is -0.741. The predicted molar refractivity (Wildman–Crippen MR) is 103 cm³/mol. The van der Waals surface area contributed by atoms with Gasteiger partial charge in [0.1, 0.15) is 6.04 Å². The molecule has 0 bridgehead atoms. The Bertz CT molecular complexity index is 663. The highest BCUT2D eigenvalue weighted by molar-refractivity contribution is 7.98. The van der Waals surface area contributed by atoms with Crippen molar-refractivity contribution in [1.82, 2.24) is 10.2 Å². The maximum absolute atomic E-state index is 13.0. The van der Waals surface area contributed by atoms with E-state index in [9.17, 15) is 14.4 Å². The van der Waals surface area contributed by atoms with Crippen LogP contribution >= 0.6 is 11.8 Å². The summed E-state index contributed by atoms with van der Waals surface area (Å²) in [6.45, 7) is 2.23. The van der Waals surface area contributed by atoms with Gasteiger partial charge in [-0.15, -0.1) is 0 Å². The highest BCUT2D eigenvalue weighted by atomic mass is 32.2. The highest BCUT2D eigenvalue weighted by Gasteiger charge is 2.42. The SMILES string of the molecule is CSCC[C@H](C(=O)NC1CCC(C)CC1)N1C(=O)c2ccccc2C1=O. The van der Waals surface area contributed by atoms with Crippen molar-refractivity contribution in [2.75, 3.05) is 12.0 Å². The van der Waals surface area contributed by atoms with Crippen molar-refractivity contribution in [2.24, 2.45) is 5.92 Å². The molecular formula is C20H26N2O3S. The first-order valence-electron chi connectivity index (χ1n) is 9.29. The zero-order valence-corrected chi connectivity index (χ0v) is 16.2. The first kappa shape index (κ1) is 19.0. The molecule has 1 fully saturated rings. The Morgan fingerprint density at radius 3 is 2.27 bits per heavy atom. The summed E-state index contributed by atoms with van der Waals surface area (Å²) in [5.74, 6) is 0.501. The van der Waals surface area contributed by atoms with Crippen molar-refractivity contribution >= 4 is 29.5 Å². The van der Waals surface area contributed by atoms with Gasteiger partial charge in [-0.05, 0) is 62.2 Å². The Morgan fingerprint density at radius 1 is 1.15 bits per heavy atom. The molecule has 6 heteroatoms. The Kier molecular flexibility index (Phi) is 6.01. The van der Waals surface area contributed by atoms with Gasteiger partial charge in [0, 0.05) is 6.04 Å². The van der Waals surface area contributed by atoms with Gasteiger partial charge in [-0.3, -0.25) is 19.3 Å². The van der Waals surface area contributed by atoms with Gasteiger partial charge in [-0.1, -0.05) is 19.1 Å². The molecule has 0 radical (unpaired) electrons. The van der Waals surface area contributed by atoms with Crippen LogP contribution in [0.5, 0.6) is 0 Å². The fraction of sp³-hybridized carbons (Fsp3) is 0.550. The van der Waals surface area contributed by atoms with E-state index < -0.39 is 6.04 Å². The number of rotatable bonds is 6.